The number of ether oxygens (including phenoxy) is 1. The van der Waals surface area contributed by atoms with Gasteiger partial charge in [0.2, 0.25) is 0 Å². The summed E-state index contributed by atoms with van der Waals surface area (Å²) < 4.78 is 17.0. The summed E-state index contributed by atoms with van der Waals surface area (Å²) in [5, 5.41) is 3.41. The van der Waals surface area contributed by atoms with Gasteiger partial charge in [-0.25, -0.2) is 0 Å². The SMILES string of the molecule is CC(CS(C)=O)NCC1OCCc2ccccc21. The summed E-state index contributed by atoms with van der Waals surface area (Å²) in [5.74, 6) is 0.689. The maximum Gasteiger partial charge on any atom is 0.0952 e. The van der Waals surface area contributed by atoms with Crippen LogP contribution in [0.1, 0.15) is 24.2 Å². The van der Waals surface area contributed by atoms with E-state index in [0.717, 1.165) is 19.6 Å². The highest BCUT2D eigenvalue weighted by Crippen LogP contribution is 2.26. The minimum absolute atomic E-state index is 0.127. The highest BCUT2D eigenvalue weighted by atomic mass is 32.2. The van der Waals surface area contributed by atoms with Gasteiger partial charge in [0.1, 0.15) is 0 Å². The lowest BCUT2D eigenvalue weighted by atomic mass is 9.97. The van der Waals surface area contributed by atoms with E-state index in [-0.39, 0.29) is 12.1 Å². The van der Waals surface area contributed by atoms with Crippen molar-refractivity contribution in [3.63, 3.8) is 0 Å². The molecular formula is C14H21NO2S. The first-order chi connectivity index (χ1) is 8.66. The van der Waals surface area contributed by atoms with E-state index in [4.69, 9.17) is 4.74 Å². The second-order valence-corrected chi connectivity index (χ2v) is 6.34. The van der Waals surface area contributed by atoms with Crippen molar-refractivity contribution in [3.05, 3.63) is 35.4 Å². The van der Waals surface area contributed by atoms with E-state index in [1.54, 1.807) is 6.26 Å². The summed E-state index contributed by atoms with van der Waals surface area (Å²) >= 11 is 0. The summed E-state index contributed by atoms with van der Waals surface area (Å²) in [4.78, 5) is 0. The molecule has 18 heavy (non-hydrogen) atoms. The number of rotatable bonds is 5. The van der Waals surface area contributed by atoms with Crippen LogP contribution in [0.4, 0.5) is 0 Å². The van der Waals surface area contributed by atoms with E-state index in [9.17, 15) is 4.21 Å². The van der Waals surface area contributed by atoms with E-state index in [1.165, 1.54) is 11.1 Å². The Kier molecular flexibility index (Phi) is 4.92. The van der Waals surface area contributed by atoms with E-state index < -0.39 is 10.8 Å². The van der Waals surface area contributed by atoms with Gasteiger partial charge >= 0.3 is 0 Å². The Bertz CT molecular complexity index is 422. The Hall–Kier alpha value is -0.710. The molecule has 0 saturated heterocycles. The summed E-state index contributed by atoms with van der Waals surface area (Å²) in [5.41, 5.74) is 2.68. The summed E-state index contributed by atoms with van der Waals surface area (Å²) in [6.07, 6.45) is 2.87. The maximum absolute atomic E-state index is 11.1. The second kappa shape index (κ2) is 6.45. The Labute approximate surface area is 111 Å². The smallest absolute Gasteiger partial charge is 0.0952 e. The topological polar surface area (TPSA) is 38.3 Å². The third-order valence-electron chi connectivity index (χ3n) is 3.23. The zero-order chi connectivity index (χ0) is 13.0. The first-order valence-electron chi connectivity index (χ1n) is 6.39. The van der Waals surface area contributed by atoms with Crippen LogP contribution in [0.25, 0.3) is 0 Å². The minimum Gasteiger partial charge on any atom is -0.372 e. The summed E-state index contributed by atoms with van der Waals surface area (Å²) in [6, 6.07) is 8.72. The van der Waals surface area contributed by atoms with Crippen molar-refractivity contribution in [2.24, 2.45) is 0 Å². The normalized spacial score (nSPS) is 22.2. The molecule has 0 radical (unpaired) electrons. The first kappa shape index (κ1) is 13.7. The molecule has 4 heteroatoms. The molecule has 1 heterocycles. The number of hydrogen-bond acceptors (Lipinski definition) is 3. The molecule has 0 aliphatic carbocycles. The van der Waals surface area contributed by atoms with Gasteiger partial charge in [0, 0.05) is 35.4 Å². The number of hydrogen-bond donors (Lipinski definition) is 1. The van der Waals surface area contributed by atoms with Crippen LogP contribution in [0.2, 0.25) is 0 Å². The van der Waals surface area contributed by atoms with Gasteiger partial charge in [-0.3, -0.25) is 4.21 Å². The van der Waals surface area contributed by atoms with E-state index in [2.05, 4.69) is 36.5 Å². The van der Waals surface area contributed by atoms with Gasteiger partial charge in [-0.2, -0.15) is 0 Å². The van der Waals surface area contributed by atoms with Crippen molar-refractivity contribution in [1.82, 2.24) is 5.32 Å². The van der Waals surface area contributed by atoms with Crippen LogP contribution in [0.15, 0.2) is 24.3 Å². The molecular weight excluding hydrogens is 246 g/mol. The van der Waals surface area contributed by atoms with Crippen LogP contribution in [-0.2, 0) is 22.0 Å². The maximum atomic E-state index is 11.1. The standard InChI is InChI=1S/C14H21NO2S/c1-11(10-18(2)16)15-9-14-13-6-4-3-5-12(13)7-8-17-14/h3-6,11,14-15H,7-10H2,1-2H3. The second-order valence-electron chi connectivity index (χ2n) is 4.86. The molecule has 1 aromatic carbocycles. The van der Waals surface area contributed by atoms with Crippen molar-refractivity contribution in [2.45, 2.75) is 25.5 Å². The predicted molar refractivity (Wildman–Crippen MR) is 75.2 cm³/mol. The Morgan fingerprint density at radius 3 is 3.06 bits per heavy atom. The van der Waals surface area contributed by atoms with Crippen LogP contribution in [-0.4, -0.2) is 35.4 Å². The number of benzene rings is 1. The molecule has 0 amide bonds. The Balaban J connectivity index is 1.93. The molecule has 0 bridgehead atoms. The van der Waals surface area contributed by atoms with Gasteiger partial charge in [0.15, 0.2) is 0 Å². The predicted octanol–water partition coefficient (Wildman–Crippen LogP) is 1.66. The zero-order valence-corrected chi connectivity index (χ0v) is 11.8. The average Bonchev–Trinajstić information content (AvgIpc) is 2.35. The Morgan fingerprint density at radius 2 is 2.28 bits per heavy atom. The van der Waals surface area contributed by atoms with Gasteiger partial charge < -0.3 is 10.1 Å². The molecule has 3 nitrogen and oxygen atoms in total. The lowest BCUT2D eigenvalue weighted by molar-refractivity contribution is 0.0414. The molecule has 100 valence electrons. The molecule has 1 aliphatic heterocycles. The van der Waals surface area contributed by atoms with Crippen LogP contribution in [0, 0.1) is 0 Å². The molecule has 3 atom stereocenters. The van der Waals surface area contributed by atoms with E-state index in [0.29, 0.717) is 5.75 Å². The third-order valence-corrected chi connectivity index (χ3v) is 4.20. The van der Waals surface area contributed by atoms with Crippen molar-refractivity contribution in [2.75, 3.05) is 25.2 Å². The Morgan fingerprint density at radius 1 is 1.50 bits per heavy atom. The van der Waals surface area contributed by atoms with Crippen molar-refractivity contribution >= 4 is 10.8 Å². The first-order valence-corrected chi connectivity index (χ1v) is 8.12. The third kappa shape index (κ3) is 3.64. The fourth-order valence-corrected chi connectivity index (χ4v) is 3.19. The summed E-state index contributed by atoms with van der Waals surface area (Å²) in [7, 11) is -0.751. The van der Waals surface area contributed by atoms with Crippen LogP contribution < -0.4 is 5.32 Å². The molecule has 0 saturated carbocycles. The molecule has 0 fully saturated rings. The number of nitrogens with one attached hydrogen (secondary N) is 1. The molecule has 0 spiro atoms. The van der Waals surface area contributed by atoms with Crippen LogP contribution >= 0.6 is 0 Å². The highest BCUT2D eigenvalue weighted by Gasteiger charge is 2.20. The highest BCUT2D eigenvalue weighted by molar-refractivity contribution is 7.84. The molecule has 1 aromatic rings. The van der Waals surface area contributed by atoms with Gasteiger partial charge in [-0.1, -0.05) is 24.3 Å². The van der Waals surface area contributed by atoms with E-state index in [1.807, 2.05) is 0 Å². The van der Waals surface area contributed by atoms with Crippen LogP contribution in [0.5, 0.6) is 0 Å². The van der Waals surface area contributed by atoms with Gasteiger partial charge in [0.05, 0.1) is 12.7 Å². The molecule has 3 unspecified atom stereocenters. The van der Waals surface area contributed by atoms with Gasteiger partial charge in [0.25, 0.3) is 0 Å². The molecule has 1 aliphatic rings. The van der Waals surface area contributed by atoms with Crippen molar-refractivity contribution < 1.29 is 8.95 Å². The zero-order valence-electron chi connectivity index (χ0n) is 11.0. The average molecular weight is 267 g/mol. The quantitative estimate of drug-likeness (QED) is 0.881. The van der Waals surface area contributed by atoms with Crippen molar-refractivity contribution in [1.29, 1.82) is 0 Å². The van der Waals surface area contributed by atoms with Gasteiger partial charge in [-0.05, 0) is 24.5 Å². The number of fused-ring (bicyclic) bond motifs is 1. The van der Waals surface area contributed by atoms with Gasteiger partial charge in [-0.15, -0.1) is 0 Å². The van der Waals surface area contributed by atoms with Crippen LogP contribution in [0.3, 0.4) is 0 Å². The lowest BCUT2D eigenvalue weighted by Crippen LogP contribution is -2.36. The fraction of sp³-hybridized carbons (Fsp3) is 0.571. The summed E-state index contributed by atoms with van der Waals surface area (Å²) in [6.45, 7) is 3.64. The lowest BCUT2D eigenvalue weighted by Gasteiger charge is -2.27. The molecule has 2 rings (SSSR count). The largest absolute Gasteiger partial charge is 0.372 e. The van der Waals surface area contributed by atoms with Crippen molar-refractivity contribution in [3.8, 4) is 0 Å². The molecule has 1 N–H and O–H groups in total. The fourth-order valence-electron chi connectivity index (χ4n) is 2.36. The monoisotopic (exact) mass is 267 g/mol. The molecule has 0 aromatic heterocycles. The van der Waals surface area contributed by atoms with E-state index >= 15 is 0 Å². The minimum atomic E-state index is -0.751.